The van der Waals surface area contributed by atoms with Gasteiger partial charge < -0.3 is 10.0 Å². The first-order chi connectivity index (χ1) is 7.69. The lowest BCUT2D eigenvalue weighted by atomic mass is 10.2. The van der Waals surface area contributed by atoms with Gasteiger partial charge >= 0.3 is 0 Å². The minimum Gasteiger partial charge on any atom is -0.392 e. The Morgan fingerprint density at radius 1 is 1.50 bits per heavy atom. The molecule has 0 aromatic heterocycles. The fraction of sp³-hybridized carbons (Fsp3) is 0.385. The minimum atomic E-state index is -0.285. The highest BCUT2D eigenvalue weighted by Gasteiger charge is 2.07. The molecular weight excluding hydrogens is 205 g/mol. The molecule has 0 fully saturated rings. The minimum absolute atomic E-state index is 0.128. The first-order valence-electron chi connectivity index (χ1n) is 5.40. The predicted octanol–water partition coefficient (Wildman–Crippen LogP) is 2.72. The van der Waals surface area contributed by atoms with E-state index in [1.54, 1.807) is 12.1 Å². The quantitative estimate of drug-likeness (QED) is 0.592. The number of anilines is 1. The molecule has 1 rings (SSSR count). The van der Waals surface area contributed by atoms with E-state index in [1.165, 1.54) is 6.07 Å². The van der Waals surface area contributed by atoms with Gasteiger partial charge in [-0.15, -0.1) is 6.58 Å². The van der Waals surface area contributed by atoms with Crippen LogP contribution in [-0.2, 0) is 6.61 Å². The highest BCUT2D eigenvalue weighted by atomic mass is 19.1. The van der Waals surface area contributed by atoms with Gasteiger partial charge in [0.05, 0.1) is 12.3 Å². The SMILES string of the molecule is C=CCCCN(C)c1ccc(CO)cc1F. The van der Waals surface area contributed by atoms with Crippen LogP contribution < -0.4 is 4.90 Å². The van der Waals surface area contributed by atoms with Gasteiger partial charge in [-0.3, -0.25) is 0 Å². The van der Waals surface area contributed by atoms with E-state index in [0.29, 0.717) is 11.3 Å². The summed E-state index contributed by atoms with van der Waals surface area (Å²) < 4.78 is 13.6. The molecule has 88 valence electrons. The average Bonchev–Trinajstić information content (AvgIpc) is 2.29. The van der Waals surface area contributed by atoms with E-state index < -0.39 is 0 Å². The molecule has 1 N–H and O–H groups in total. The fourth-order valence-corrected chi connectivity index (χ4v) is 1.55. The van der Waals surface area contributed by atoms with Crippen molar-refractivity contribution in [3.8, 4) is 0 Å². The maximum absolute atomic E-state index is 13.6. The third-order valence-corrected chi connectivity index (χ3v) is 2.51. The van der Waals surface area contributed by atoms with Crippen LogP contribution in [0.15, 0.2) is 30.9 Å². The molecule has 0 spiro atoms. The van der Waals surface area contributed by atoms with Crippen molar-refractivity contribution in [3.63, 3.8) is 0 Å². The predicted molar refractivity (Wildman–Crippen MR) is 65.0 cm³/mol. The van der Waals surface area contributed by atoms with Crippen LogP contribution in [0, 0.1) is 5.82 Å². The molecule has 16 heavy (non-hydrogen) atoms. The Hall–Kier alpha value is -1.35. The lowest BCUT2D eigenvalue weighted by molar-refractivity contribution is 0.281. The monoisotopic (exact) mass is 223 g/mol. The Labute approximate surface area is 96.0 Å². The molecule has 0 amide bonds. The van der Waals surface area contributed by atoms with E-state index in [4.69, 9.17) is 5.11 Å². The van der Waals surface area contributed by atoms with Crippen molar-refractivity contribution in [1.29, 1.82) is 0 Å². The van der Waals surface area contributed by atoms with E-state index in [0.717, 1.165) is 19.4 Å². The zero-order chi connectivity index (χ0) is 12.0. The van der Waals surface area contributed by atoms with Gasteiger partial charge in [0.15, 0.2) is 0 Å². The molecule has 0 aliphatic carbocycles. The summed E-state index contributed by atoms with van der Waals surface area (Å²) in [5.74, 6) is -0.285. The Balaban J connectivity index is 2.67. The topological polar surface area (TPSA) is 23.5 Å². The fourth-order valence-electron chi connectivity index (χ4n) is 1.55. The van der Waals surface area contributed by atoms with Gasteiger partial charge in [-0.2, -0.15) is 0 Å². The highest BCUT2D eigenvalue weighted by Crippen LogP contribution is 2.19. The number of rotatable bonds is 6. The summed E-state index contributed by atoms with van der Waals surface area (Å²) in [6.07, 6.45) is 3.75. The summed E-state index contributed by atoms with van der Waals surface area (Å²) in [5.41, 5.74) is 1.17. The van der Waals surface area contributed by atoms with Crippen LogP contribution in [0.4, 0.5) is 10.1 Å². The summed E-state index contributed by atoms with van der Waals surface area (Å²) in [4.78, 5) is 1.87. The molecule has 0 saturated carbocycles. The number of aliphatic hydroxyl groups excluding tert-OH is 1. The second-order valence-corrected chi connectivity index (χ2v) is 3.80. The highest BCUT2D eigenvalue weighted by molar-refractivity contribution is 5.48. The second kappa shape index (κ2) is 6.28. The first kappa shape index (κ1) is 12.7. The van der Waals surface area contributed by atoms with Crippen LogP contribution in [0.3, 0.4) is 0 Å². The molecule has 0 bridgehead atoms. The van der Waals surface area contributed by atoms with Crippen molar-refractivity contribution >= 4 is 5.69 Å². The molecule has 1 aromatic rings. The van der Waals surface area contributed by atoms with Gasteiger partial charge in [0.1, 0.15) is 5.82 Å². The smallest absolute Gasteiger partial charge is 0.146 e. The number of nitrogens with zero attached hydrogens (tertiary/aromatic N) is 1. The second-order valence-electron chi connectivity index (χ2n) is 3.80. The zero-order valence-electron chi connectivity index (χ0n) is 9.62. The lowest BCUT2D eigenvalue weighted by Crippen LogP contribution is -2.19. The molecular formula is C13H18FNO. The van der Waals surface area contributed by atoms with E-state index >= 15 is 0 Å². The van der Waals surface area contributed by atoms with Crippen LogP contribution in [0.2, 0.25) is 0 Å². The summed E-state index contributed by atoms with van der Waals surface area (Å²) in [6, 6.07) is 4.82. The van der Waals surface area contributed by atoms with Crippen LogP contribution in [0.25, 0.3) is 0 Å². The molecule has 3 heteroatoms. The van der Waals surface area contributed by atoms with E-state index in [9.17, 15) is 4.39 Å². The van der Waals surface area contributed by atoms with Crippen molar-refractivity contribution in [3.05, 3.63) is 42.2 Å². The molecule has 0 aliphatic rings. The number of halogens is 1. The van der Waals surface area contributed by atoms with Gasteiger partial charge in [0.25, 0.3) is 0 Å². The Morgan fingerprint density at radius 2 is 2.25 bits per heavy atom. The van der Waals surface area contributed by atoms with E-state index in [2.05, 4.69) is 6.58 Å². The van der Waals surface area contributed by atoms with Crippen LogP contribution in [0.1, 0.15) is 18.4 Å². The number of hydrogen-bond acceptors (Lipinski definition) is 2. The van der Waals surface area contributed by atoms with Crippen LogP contribution in [0.5, 0.6) is 0 Å². The van der Waals surface area contributed by atoms with E-state index in [-0.39, 0.29) is 12.4 Å². The standard InChI is InChI=1S/C13H18FNO/c1-3-4-5-8-15(2)13-7-6-11(10-16)9-12(13)14/h3,6-7,9,16H,1,4-5,8,10H2,2H3. The van der Waals surface area contributed by atoms with Crippen molar-refractivity contribution in [2.24, 2.45) is 0 Å². The molecule has 0 heterocycles. The van der Waals surface area contributed by atoms with Gasteiger partial charge in [0.2, 0.25) is 0 Å². The lowest BCUT2D eigenvalue weighted by Gasteiger charge is -2.19. The van der Waals surface area contributed by atoms with Crippen molar-refractivity contribution in [2.75, 3.05) is 18.5 Å². The maximum Gasteiger partial charge on any atom is 0.146 e. The summed E-state index contributed by atoms with van der Waals surface area (Å²) >= 11 is 0. The largest absolute Gasteiger partial charge is 0.392 e. The molecule has 0 radical (unpaired) electrons. The number of unbranched alkanes of at least 4 members (excludes halogenated alkanes) is 1. The number of allylic oxidation sites excluding steroid dienone is 1. The van der Waals surface area contributed by atoms with E-state index in [1.807, 2.05) is 18.0 Å². The molecule has 2 nitrogen and oxygen atoms in total. The van der Waals surface area contributed by atoms with Gasteiger partial charge in [-0.05, 0) is 30.5 Å². The van der Waals surface area contributed by atoms with Crippen molar-refractivity contribution in [2.45, 2.75) is 19.4 Å². The molecule has 0 aliphatic heterocycles. The zero-order valence-corrected chi connectivity index (χ0v) is 9.62. The third-order valence-electron chi connectivity index (χ3n) is 2.51. The number of hydrogen-bond donors (Lipinski definition) is 1. The number of benzene rings is 1. The Kier molecular flexibility index (Phi) is 4.99. The average molecular weight is 223 g/mol. The molecule has 0 saturated heterocycles. The molecule has 0 atom stereocenters. The molecule has 0 unspecified atom stereocenters. The van der Waals surface area contributed by atoms with Crippen molar-refractivity contribution < 1.29 is 9.50 Å². The van der Waals surface area contributed by atoms with Gasteiger partial charge in [0, 0.05) is 13.6 Å². The van der Waals surface area contributed by atoms with Gasteiger partial charge in [-0.1, -0.05) is 12.1 Å². The van der Waals surface area contributed by atoms with Crippen LogP contribution in [-0.4, -0.2) is 18.7 Å². The third kappa shape index (κ3) is 3.35. The molecule has 1 aromatic carbocycles. The summed E-state index contributed by atoms with van der Waals surface area (Å²) in [7, 11) is 1.86. The van der Waals surface area contributed by atoms with Crippen molar-refractivity contribution in [1.82, 2.24) is 0 Å². The number of aliphatic hydroxyl groups is 1. The summed E-state index contributed by atoms with van der Waals surface area (Å²) in [5, 5.41) is 8.87. The normalized spacial score (nSPS) is 10.2. The summed E-state index contributed by atoms with van der Waals surface area (Å²) in [6.45, 7) is 4.32. The Morgan fingerprint density at radius 3 is 2.81 bits per heavy atom. The first-order valence-corrected chi connectivity index (χ1v) is 5.40. The maximum atomic E-state index is 13.6. The van der Waals surface area contributed by atoms with Crippen LogP contribution >= 0.6 is 0 Å². The Bertz CT molecular complexity index is 352. The van der Waals surface area contributed by atoms with Gasteiger partial charge in [-0.25, -0.2) is 4.39 Å².